The van der Waals surface area contributed by atoms with E-state index in [1.165, 1.54) is 5.56 Å². The van der Waals surface area contributed by atoms with Gasteiger partial charge in [0, 0.05) is 32.2 Å². The zero-order chi connectivity index (χ0) is 14.7. The molecule has 1 fully saturated rings. The van der Waals surface area contributed by atoms with Crippen molar-refractivity contribution in [3.63, 3.8) is 0 Å². The largest absolute Gasteiger partial charge is 0.496 e. The van der Waals surface area contributed by atoms with Gasteiger partial charge in [-0.2, -0.15) is 0 Å². The first-order valence-electron chi connectivity index (χ1n) is 6.90. The SMILES string of the molecule is COc1ccc(CN2CCN(C)CC2C)cc1C(N)=S. The Hall–Kier alpha value is -1.17. The van der Waals surface area contributed by atoms with E-state index < -0.39 is 0 Å². The van der Waals surface area contributed by atoms with Gasteiger partial charge in [0.15, 0.2) is 0 Å². The van der Waals surface area contributed by atoms with Gasteiger partial charge in [-0.05, 0) is 31.7 Å². The van der Waals surface area contributed by atoms with Crippen molar-refractivity contribution >= 4 is 17.2 Å². The van der Waals surface area contributed by atoms with E-state index in [2.05, 4.69) is 29.8 Å². The highest BCUT2D eigenvalue weighted by atomic mass is 32.1. The number of likely N-dealkylation sites (N-methyl/N-ethyl adjacent to an activating group) is 1. The van der Waals surface area contributed by atoms with Gasteiger partial charge in [-0.3, -0.25) is 4.90 Å². The van der Waals surface area contributed by atoms with Crippen LogP contribution in [-0.2, 0) is 6.54 Å². The number of rotatable bonds is 4. The molecule has 1 heterocycles. The number of ether oxygens (including phenoxy) is 1. The Morgan fingerprint density at radius 2 is 2.20 bits per heavy atom. The summed E-state index contributed by atoms with van der Waals surface area (Å²) in [5, 5.41) is 0. The molecule has 1 atom stereocenters. The highest BCUT2D eigenvalue weighted by Gasteiger charge is 2.21. The molecular formula is C15H23N3OS. The van der Waals surface area contributed by atoms with E-state index in [-0.39, 0.29) is 0 Å². The summed E-state index contributed by atoms with van der Waals surface area (Å²) >= 11 is 5.10. The van der Waals surface area contributed by atoms with Gasteiger partial charge in [0.25, 0.3) is 0 Å². The van der Waals surface area contributed by atoms with Crippen LogP contribution < -0.4 is 10.5 Å². The number of hydrogen-bond donors (Lipinski definition) is 1. The van der Waals surface area contributed by atoms with Crippen LogP contribution in [0.1, 0.15) is 18.1 Å². The maximum Gasteiger partial charge on any atom is 0.129 e. The number of nitrogens with two attached hydrogens (primary N) is 1. The van der Waals surface area contributed by atoms with E-state index in [9.17, 15) is 0 Å². The smallest absolute Gasteiger partial charge is 0.129 e. The first-order valence-corrected chi connectivity index (χ1v) is 7.31. The average Bonchev–Trinajstić information content (AvgIpc) is 2.41. The fourth-order valence-corrected chi connectivity index (χ4v) is 2.85. The summed E-state index contributed by atoms with van der Waals surface area (Å²) in [5.41, 5.74) is 7.82. The molecule has 1 saturated heterocycles. The van der Waals surface area contributed by atoms with Gasteiger partial charge >= 0.3 is 0 Å². The Morgan fingerprint density at radius 3 is 2.80 bits per heavy atom. The van der Waals surface area contributed by atoms with Crippen molar-refractivity contribution in [1.29, 1.82) is 0 Å². The van der Waals surface area contributed by atoms with Crippen molar-refractivity contribution in [3.05, 3.63) is 29.3 Å². The fourth-order valence-electron chi connectivity index (χ4n) is 2.69. The number of methoxy groups -OCH3 is 1. The Labute approximate surface area is 126 Å². The molecule has 2 rings (SSSR count). The Bertz CT molecular complexity index is 492. The molecule has 0 aliphatic carbocycles. The van der Waals surface area contributed by atoms with E-state index in [0.29, 0.717) is 11.0 Å². The molecule has 0 spiro atoms. The third-order valence-electron chi connectivity index (χ3n) is 3.88. The van der Waals surface area contributed by atoms with Gasteiger partial charge < -0.3 is 15.4 Å². The Kier molecular flexibility index (Phi) is 4.96. The zero-order valence-corrected chi connectivity index (χ0v) is 13.2. The standard InChI is InChI=1S/C15H23N3OS/c1-11-9-17(2)6-7-18(11)10-12-4-5-14(19-3)13(8-12)15(16)20/h4-5,8,11H,6-7,9-10H2,1-3H3,(H2,16,20). The lowest BCUT2D eigenvalue weighted by Gasteiger charge is -2.38. The highest BCUT2D eigenvalue weighted by molar-refractivity contribution is 7.80. The molecule has 110 valence electrons. The number of piperazine rings is 1. The number of benzene rings is 1. The van der Waals surface area contributed by atoms with Crippen LogP contribution in [0.5, 0.6) is 5.75 Å². The molecule has 0 saturated carbocycles. The second-order valence-electron chi connectivity index (χ2n) is 5.48. The topological polar surface area (TPSA) is 41.7 Å². The second-order valence-corrected chi connectivity index (χ2v) is 5.92. The zero-order valence-electron chi connectivity index (χ0n) is 12.4. The summed E-state index contributed by atoms with van der Waals surface area (Å²) in [6.07, 6.45) is 0. The first-order chi connectivity index (χ1) is 9.51. The van der Waals surface area contributed by atoms with Crippen LogP contribution in [0.4, 0.5) is 0 Å². The minimum Gasteiger partial charge on any atom is -0.496 e. The van der Waals surface area contributed by atoms with Crippen LogP contribution in [-0.4, -0.2) is 54.6 Å². The number of thiocarbonyl (C=S) groups is 1. The molecule has 1 aromatic carbocycles. The summed E-state index contributed by atoms with van der Waals surface area (Å²) in [6.45, 7) is 6.51. The average molecular weight is 293 g/mol. The maximum absolute atomic E-state index is 5.77. The summed E-state index contributed by atoms with van der Waals surface area (Å²) in [6, 6.07) is 6.65. The van der Waals surface area contributed by atoms with Crippen LogP contribution in [0.2, 0.25) is 0 Å². The molecule has 0 bridgehead atoms. The fraction of sp³-hybridized carbons (Fsp3) is 0.533. The molecule has 2 N–H and O–H groups in total. The van der Waals surface area contributed by atoms with Gasteiger partial charge in [-0.25, -0.2) is 0 Å². The van der Waals surface area contributed by atoms with Gasteiger partial charge in [0.05, 0.1) is 12.7 Å². The molecule has 5 heteroatoms. The highest BCUT2D eigenvalue weighted by Crippen LogP contribution is 2.21. The first kappa shape index (κ1) is 15.2. The Morgan fingerprint density at radius 1 is 1.45 bits per heavy atom. The van der Waals surface area contributed by atoms with E-state index in [4.69, 9.17) is 22.7 Å². The summed E-state index contributed by atoms with van der Waals surface area (Å²) < 4.78 is 5.30. The lowest BCUT2D eigenvalue weighted by molar-refractivity contribution is 0.0938. The molecule has 1 aliphatic rings. The van der Waals surface area contributed by atoms with E-state index >= 15 is 0 Å². The van der Waals surface area contributed by atoms with Crippen LogP contribution in [0.3, 0.4) is 0 Å². The third kappa shape index (κ3) is 3.48. The van der Waals surface area contributed by atoms with Gasteiger partial charge in [0.1, 0.15) is 10.7 Å². The van der Waals surface area contributed by atoms with Crippen molar-refractivity contribution in [2.75, 3.05) is 33.8 Å². The van der Waals surface area contributed by atoms with Crippen molar-refractivity contribution in [2.24, 2.45) is 5.73 Å². The quantitative estimate of drug-likeness (QED) is 0.851. The molecule has 4 nitrogen and oxygen atoms in total. The summed E-state index contributed by atoms with van der Waals surface area (Å²) in [5.74, 6) is 0.743. The van der Waals surface area contributed by atoms with E-state index in [0.717, 1.165) is 37.5 Å². The van der Waals surface area contributed by atoms with Gasteiger partial charge in [0.2, 0.25) is 0 Å². The van der Waals surface area contributed by atoms with Crippen molar-refractivity contribution < 1.29 is 4.74 Å². The minimum absolute atomic E-state index is 0.384. The lowest BCUT2D eigenvalue weighted by atomic mass is 10.1. The van der Waals surface area contributed by atoms with Gasteiger partial charge in [-0.15, -0.1) is 0 Å². The van der Waals surface area contributed by atoms with E-state index in [1.54, 1.807) is 7.11 Å². The van der Waals surface area contributed by atoms with Crippen LogP contribution >= 0.6 is 12.2 Å². The normalized spacial score (nSPS) is 20.9. The van der Waals surface area contributed by atoms with Crippen molar-refractivity contribution in [2.45, 2.75) is 19.5 Å². The van der Waals surface area contributed by atoms with Crippen LogP contribution in [0, 0.1) is 0 Å². The molecule has 1 aromatic rings. The van der Waals surface area contributed by atoms with Crippen LogP contribution in [0.15, 0.2) is 18.2 Å². The van der Waals surface area contributed by atoms with Crippen molar-refractivity contribution in [1.82, 2.24) is 9.80 Å². The maximum atomic E-state index is 5.77. The van der Waals surface area contributed by atoms with Gasteiger partial charge in [-0.1, -0.05) is 18.3 Å². The molecule has 0 amide bonds. The van der Waals surface area contributed by atoms with E-state index in [1.807, 2.05) is 12.1 Å². The molecule has 20 heavy (non-hydrogen) atoms. The molecule has 0 aromatic heterocycles. The summed E-state index contributed by atoms with van der Waals surface area (Å²) in [4.78, 5) is 5.25. The predicted molar refractivity (Wildman–Crippen MR) is 86.3 cm³/mol. The third-order valence-corrected chi connectivity index (χ3v) is 4.10. The summed E-state index contributed by atoms with van der Waals surface area (Å²) in [7, 11) is 3.81. The molecule has 0 radical (unpaired) electrons. The molecular weight excluding hydrogens is 270 g/mol. The number of nitrogens with zero attached hydrogens (tertiary/aromatic N) is 2. The van der Waals surface area contributed by atoms with Crippen LogP contribution in [0.25, 0.3) is 0 Å². The predicted octanol–water partition coefficient (Wildman–Crippen LogP) is 1.47. The van der Waals surface area contributed by atoms with Crippen molar-refractivity contribution in [3.8, 4) is 5.75 Å². The number of hydrogen-bond acceptors (Lipinski definition) is 4. The second kappa shape index (κ2) is 6.52. The molecule has 1 aliphatic heterocycles. The lowest BCUT2D eigenvalue weighted by Crippen LogP contribution is -2.49. The molecule has 1 unspecified atom stereocenters. The monoisotopic (exact) mass is 293 g/mol. The minimum atomic E-state index is 0.384. The Balaban J connectivity index is 2.13.